The van der Waals surface area contributed by atoms with Crippen LogP contribution in [-0.2, 0) is 4.79 Å². The van der Waals surface area contributed by atoms with Gasteiger partial charge in [0.15, 0.2) is 0 Å². The van der Waals surface area contributed by atoms with Crippen LogP contribution in [0.25, 0.3) is 0 Å². The van der Waals surface area contributed by atoms with Gasteiger partial charge in [-0.15, -0.1) is 0 Å². The lowest BCUT2D eigenvalue weighted by Crippen LogP contribution is -2.49. The molecule has 3 heteroatoms. The highest BCUT2D eigenvalue weighted by atomic mass is 16.2. The Morgan fingerprint density at radius 3 is 2.14 bits per heavy atom. The van der Waals surface area contributed by atoms with Crippen LogP contribution in [0.5, 0.6) is 0 Å². The first-order valence-electron chi connectivity index (χ1n) is 5.30. The summed E-state index contributed by atoms with van der Waals surface area (Å²) in [5.74, 6) is 0.0948. The average Bonchev–Trinajstić information content (AvgIpc) is 2.04. The molecule has 0 aliphatic rings. The first-order chi connectivity index (χ1) is 6.32. The molecule has 0 rings (SSSR count). The van der Waals surface area contributed by atoms with Gasteiger partial charge < -0.3 is 10.6 Å². The van der Waals surface area contributed by atoms with Gasteiger partial charge in [-0.1, -0.05) is 27.7 Å². The van der Waals surface area contributed by atoms with E-state index in [9.17, 15) is 4.79 Å². The molecule has 3 nitrogen and oxygen atoms in total. The van der Waals surface area contributed by atoms with E-state index in [1.807, 2.05) is 20.9 Å². The predicted octanol–water partition coefficient (Wildman–Crippen LogP) is 1.54. The van der Waals surface area contributed by atoms with Crippen molar-refractivity contribution in [2.24, 2.45) is 5.41 Å². The monoisotopic (exact) mass is 200 g/mol. The molecular formula is C11H24N2O. The van der Waals surface area contributed by atoms with Crippen LogP contribution in [0, 0.1) is 5.41 Å². The normalized spacial score (nSPS) is 16.1. The zero-order valence-electron chi connectivity index (χ0n) is 10.3. The fourth-order valence-electron chi connectivity index (χ4n) is 1.05. The molecule has 84 valence electrons. The summed E-state index contributed by atoms with van der Waals surface area (Å²) >= 11 is 0. The number of carbonyl (C=O) groups excluding carboxylic acids is 1. The van der Waals surface area contributed by atoms with Crippen LogP contribution in [0.4, 0.5) is 0 Å². The summed E-state index contributed by atoms with van der Waals surface area (Å²) in [5.41, 5.74) is 0.113. The summed E-state index contributed by atoms with van der Waals surface area (Å²) in [7, 11) is 1.81. The van der Waals surface area contributed by atoms with Crippen molar-refractivity contribution >= 4 is 5.91 Å². The van der Waals surface area contributed by atoms with E-state index >= 15 is 0 Å². The minimum absolute atomic E-state index is 0.0696. The number of amides is 1. The van der Waals surface area contributed by atoms with Crippen molar-refractivity contribution in [1.29, 1.82) is 0 Å². The van der Waals surface area contributed by atoms with Crippen LogP contribution in [-0.4, -0.2) is 25.0 Å². The molecule has 0 fully saturated rings. The first kappa shape index (κ1) is 13.4. The molecule has 1 amide bonds. The second-order valence-electron chi connectivity index (χ2n) is 4.85. The maximum atomic E-state index is 11.7. The molecule has 0 aromatic heterocycles. The van der Waals surface area contributed by atoms with E-state index in [4.69, 9.17) is 0 Å². The number of nitrogens with one attached hydrogen (secondary N) is 2. The molecule has 0 aromatic rings. The SMILES string of the molecule is CC[C@H](NC)C(=O)NC(C)C(C)(C)C. The lowest BCUT2D eigenvalue weighted by atomic mass is 9.88. The first-order valence-corrected chi connectivity index (χ1v) is 5.30. The van der Waals surface area contributed by atoms with Crippen LogP contribution in [0.15, 0.2) is 0 Å². The lowest BCUT2D eigenvalue weighted by molar-refractivity contribution is -0.124. The molecule has 0 aliphatic heterocycles. The largest absolute Gasteiger partial charge is 0.352 e. The minimum atomic E-state index is -0.0696. The fourth-order valence-corrected chi connectivity index (χ4v) is 1.05. The molecule has 0 radical (unpaired) electrons. The molecular weight excluding hydrogens is 176 g/mol. The molecule has 0 bridgehead atoms. The van der Waals surface area contributed by atoms with Gasteiger partial charge in [-0.2, -0.15) is 0 Å². The van der Waals surface area contributed by atoms with Gasteiger partial charge in [0.05, 0.1) is 6.04 Å². The lowest BCUT2D eigenvalue weighted by Gasteiger charge is -2.29. The molecule has 0 saturated carbocycles. The third-order valence-electron chi connectivity index (χ3n) is 2.73. The van der Waals surface area contributed by atoms with E-state index in [0.29, 0.717) is 0 Å². The molecule has 1 unspecified atom stereocenters. The third-order valence-corrected chi connectivity index (χ3v) is 2.73. The van der Waals surface area contributed by atoms with Gasteiger partial charge in [0.1, 0.15) is 0 Å². The minimum Gasteiger partial charge on any atom is -0.352 e. The molecule has 2 atom stereocenters. The molecule has 0 aromatic carbocycles. The van der Waals surface area contributed by atoms with Crippen molar-refractivity contribution < 1.29 is 4.79 Å². The highest BCUT2D eigenvalue weighted by Crippen LogP contribution is 2.18. The van der Waals surface area contributed by atoms with Crippen molar-refractivity contribution in [3.63, 3.8) is 0 Å². The van der Waals surface area contributed by atoms with Gasteiger partial charge in [-0.05, 0) is 25.8 Å². The van der Waals surface area contributed by atoms with E-state index in [-0.39, 0.29) is 23.4 Å². The number of hydrogen-bond donors (Lipinski definition) is 2. The van der Waals surface area contributed by atoms with Crippen LogP contribution in [0.3, 0.4) is 0 Å². The van der Waals surface area contributed by atoms with Crippen LogP contribution >= 0.6 is 0 Å². The molecule has 0 heterocycles. The van der Waals surface area contributed by atoms with Gasteiger partial charge in [0.2, 0.25) is 5.91 Å². The van der Waals surface area contributed by atoms with E-state index in [2.05, 4.69) is 31.4 Å². The zero-order valence-corrected chi connectivity index (χ0v) is 10.3. The van der Waals surface area contributed by atoms with E-state index in [1.54, 1.807) is 0 Å². The van der Waals surface area contributed by atoms with Gasteiger partial charge in [0.25, 0.3) is 0 Å². The molecule has 2 N–H and O–H groups in total. The topological polar surface area (TPSA) is 41.1 Å². The van der Waals surface area contributed by atoms with E-state index in [1.165, 1.54) is 0 Å². The standard InChI is InChI=1S/C11H24N2O/c1-7-9(12-6)10(14)13-8(2)11(3,4)5/h8-9,12H,7H2,1-6H3,(H,13,14)/t8?,9-/m0/s1. The second-order valence-corrected chi connectivity index (χ2v) is 4.85. The Hall–Kier alpha value is -0.570. The Morgan fingerprint density at radius 2 is 1.86 bits per heavy atom. The Labute approximate surface area is 87.6 Å². The van der Waals surface area contributed by atoms with Crippen molar-refractivity contribution in [3.8, 4) is 0 Å². The summed E-state index contributed by atoms with van der Waals surface area (Å²) in [5, 5.41) is 6.02. The van der Waals surface area contributed by atoms with E-state index in [0.717, 1.165) is 6.42 Å². The van der Waals surface area contributed by atoms with Crippen molar-refractivity contribution in [1.82, 2.24) is 10.6 Å². The third kappa shape index (κ3) is 4.09. The quantitative estimate of drug-likeness (QED) is 0.722. The summed E-state index contributed by atoms with van der Waals surface area (Å²) in [4.78, 5) is 11.7. The number of rotatable bonds is 4. The fraction of sp³-hybridized carbons (Fsp3) is 0.909. The predicted molar refractivity (Wildman–Crippen MR) is 60.2 cm³/mol. The van der Waals surface area contributed by atoms with E-state index < -0.39 is 0 Å². The smallest absolute Gasteiger partial charge is 0.237 e. The van der Waals surface area contributed by atoms with Crippen LogP contribution in [0.2, 0.25) is 0 Å². The summed E-state index contributed by atoms with van der Waals surface area (Å²) in [6, 6.07) is 0.122. The van der Waals surface area contributed by atoms with Crippen molar-refractivity contribution in [2.45, 2.75) is 53.1 Å². The maximum Gasteiger partial charge on any atom is 0.237 e. The second kappa shape index (κ2) is 5.35. The molecule has 14 heavy (non-hydrogen) atoms. The van der Waals surface area contributed by atoms with Crippen molar-refractivity contribution in [2.75, 3.05) is 7.05 Å². The Balaban J connectivity index is 4.18. The highest BCUT2D eigenvalue weighted by Gasteiger charge is 2.24. The Kier molecular flexibility index (Phi) is 5.13. The zero-order chi connectivity index (χ0) is 11.4. The Bertz CT molecular complexity index is 180. The maximum absolute atomic E-state index is 11.7. The van der Waals surface area contributed by atoms with Crippen molar-refractivity contribution in [3.05, 3.63) is 0 Å². The number of carbonyl (C=O) groups is 1. The summed E-state index contributed by atoms with van der Waals surface area (Å²) in [6.45, 7) is 10.4. The van der Waals surface area contributed by atoms with Gasteiger partial charge in [-0.25, -0.2) is 0 Å². The number of hydrogen-bond acceptors (Lipinski definition) is 2. The van der Waals surface area contributed by atoms with Gasteiger partial charge >= 0.3 is 0 Å². The summed E-state index contributed by atoms with van der Waals surface area (Å²) in [6.07, 6.45) is 0.819. The molecule has 0 aliphatic carbocycles. The van der Waals surface area contributed by atoms with Gasteiger partial charge in [0, 0.05) is 6.04 Å². The molecule has 0 spiro atoms. The molecule has 0 saturated heterocycles. The highest BCUT2D eigenvalue weighted by molar-refractivity contribution is 5.81. The van der Waals surface area contributed by atoms with Crippen LogP contribution < -0.4 is 10.6 Å². The summed E-state index contributed by atoms with van der Waals surface area (Å²) < 4.78 is 0. The average molecular weight is 200 g/mol. The van der Waals surface area contributed by atoms with Gasteiger partial charge in [-0.3, -0.25) is 4.79 Å². The van der Waals surface area contributed by atoms with Crippen LogP contribution in [0.1, 0.15) is 41.0 Å². The Morgan fingerprint density at radius 1 is 1.36 bits per heavy atom. The number of likely N-dealkylation sites (N-methyl/N-ethyl adjacent to an activating group) is 1.